The van der Waals surface area contributed by atoms with Crippen LogP contribution >= 0.6 is 0 Å². The van der Waals surface area contributed by atoms with Gasteiger partial charge in [0.1, 0.15) is 18.5 Å². The van der Waals surface area contributed by atoms with Crippen LogP contribution in [0.2, 0.25) is 0 Å². The third kappa shape index (κ3) is 4.67. The van der Waals surface area contributed by atoms with E-state index in [0.29, 0.717) is 6.61 Å². The van der Waals surface area contributed by atoms with Crippen molar-refractivity contribution < 1.29 is 28.8 Å². The van der Waals surface area contributed by atoms with Gasteiger partial charge in [0.2, 0.25) is 5.79 Å². The van der Waals surface area contributed by atoms with Crippen LogP contribution in [0.25, 0.3) is 0 Å². The summed E-state index contributed by atoms with van der Waals surface area (Å²) in [5, 5.41) is 9.85. The zero-order valence-corrected chi connectivity index (χ0v) is 14.8. The Morgan fingerprint density at radius 1 is 1.43 bits per heavy atom. The van der Waals surface area contributed by atoms with Crippen LogP contribution in [0.3, 0.4) is 0 Å². The number of rotatable bonds is 6. The Morgan fingerprint density at radius 2 is 2.17 bits per heavy atom. The van der Waals surface area contributed by atoms with Gasteiger partial charge >= 0.3 is 0 Å². The van der Waals surface area contributed by atoms with E-state index in [1.54, 1.807) is 0 Å². The minimum Gasteiger partial charge on any atom is -0.462 e. The Balaban J connectivity index is 1.98. The highest BCUT2D eigenvalue weighted by Gasteiger charge is 2.42. The summed E-state index contributed by atoms with van der Waals surface area (Å²) in [6.07, 6.45) is 1.89. The first-order chi connectivity index (χ1) is 10.9. The van der Waals surface area contributed by atoms with Gasteiger partial charge in [-0.1, -0.05) is 6.92 Å². The summed E-state index contributed by atoms with van der Waals surface area (Å²) in [6, 6.07) is 0. The van der Waals surface area contributed by atoms with Gasteiger partial charge in [-0.15, -0.1) is 0 Å². The molecule has 0 aromatic rings. The fourth-order valence-corrected chi connectivity index (χ4v) is 2.96. The van der Waals surface area contributed by atoms with Crippen LogP contribution in [0.1, 0.15) is 47.0 Å². The van der Waals surface area contributed by atoms with Crippen LogP contribution in [0.15, 0.2) is 11.3 Å². The number of ether oxygens (including phenoxy) is 5. The van der Waals surface area contributed by atoms with Crippen molar-refractivity contribution in [2.45, 2.75) is 71.4 Å². The molecular formula is C17H30O6. The van der Waals surface area contributed by atoms with Gasteiger partial charge in [-0.2, -0.15) is 0 Å². The normalized spacial score (nSPS) is 36.4. The number of hydrogen-bond donors (Lipinski definition) is 1. The van der Waals surface area contributed by atoms with Gasteiger partial charge in [0.15, 0.2) is 12.6 Å². The van der Waals surface area contributed by atoms with E-state index in [4.69, 9.17) is 23.7 Å². The molecular weight excluding hydrogens is 300 g/mol. The summed E-state index contributed by atoms with van der Waals surface area (Å²) in [7, 11) is 1.48. The molecule has 23 heavy (non-hydrogen) atoms. The lowest BCUT2D eigenvalue weighted by atomic mass is 9.99. The first-order valence-electron chi connectivity index (χ1n) is 8.38. The van der Waals surface area contributed by atoms with Crippen molar-refractivity contribution in [2.24, 2.45) is 5.92 Å². The van der Waals surface area contributed by atoms with Crippen LogP contribution in [0, 0.1) is 5.92 Å². The largest absolute Gasteiger partial charge is 0.462 e. The molecule has 0 radical (unpaired) electrons. The van der Waals surface area contributed by atoms with Gasteiger partial charge in [0.25, 0.3) is 0 Å². The van der Waals surface area contributed by atoms with E-state index in [1.807, 2.05) is 27.7 Å². The molecule has 5 unspecified atom stereocenters. The summed E-state index contributed by atoms with van der Waals surface area (Å²) in [5.74, 6) is -0.274. The zero-order chi connectivity index (χ0) is 17.0. The van der Waals surface area contributed by atoms with Crippen LogP contribution in [0.4, 0.5) is 0 Å². The van der Waals surface area contributed by atoms with E-state index in [0.717, 1.165) is 37.2 Å². The second kappa shape index (κ2) is 7.94. The fraction of sp³-hybridized carbons (Fsp3) is 0.882. The summed E-state index contributed by atoms with van der Waals surface area (Å²) in [6.45, 7) is 8.68. The van der Waals surface area contributed by atoms with Crippen molar-refractivity contribution in [1.29, 1.82) is 0 Å². The van der Waals surface area contributed by atoms with Crippen molar-refractivity contribution in [3.63, 3.8) is 0 Å². The Bertz CT molecular complexity index is 417. The second-order valence-electron chi connectivity index (χ2n) is 6.57. The van der Waals surface area contributed by atoms with E-state index in [9.17, 15) is 5.11 Å². The first kappa shape index (κ1) is 18.7. The van der Waals surface area contributed by atoms with E-state index in [-0.39, 0.29) is 18.3 Å². The quantitative estimate of drug-likeness (QED) is 0.755. The average Bonchev–Trinajstić information content (AvgIpc) is 2.87. The molecule has 5 atom stereocenters. The molecule has 1 N–H and O–H groups in total. The summed E-state index contributed by atoms with van der Waals surface area (Å²) in [4.78, 5) is 0. The van der Waals surface area contributed by atoms with E-state index in [2.05, 4.69) is 0 Å². The molecule has 2 saturated heterocycles. The van der Waals surface area contributed by atoms with Crippen molar-refractivity contribution in [1.82, 2.24) is 0 Å². The lowest BCUT2D eigenvalue weighted by Gasteiger charge is -2.28. The Morgan fingerprint density at radius 3 is 2.78 bits per heavy atom. The van der Waals surface area contributed by atoms with Gasteiger partial charge < -0.3 is 28.8 Å². The first-order valence-corrected chi connectivity index (χ1v) is 8.38. The smallest absolute Gasteiger partial charge is 0.231 e. The van der Waals surface area contributed by atoms with Gasteiger partial charge in [-0.25, -0.2) is 0 Å². The SMILES string of the molecule is COC(O)C(C)/C(C)=C1/OC(C)(COC2CCCCO2)OC1C. The van der Waals surface area contributed by atoms with Crippen LogP contribution in [-0.4, -0.2) is 49.9 Å². The molecule has 0 bridgehead atoms. The predicted octanol–water partition coefficient (Wildman–Crippen LogP) is 2.56. The molecule has 0 saturated carbocycles. The Kier molecular flexibility index (Phi) is 6.45. The van der Waals surface area contributed by atoms with E-state index < -0.39 is 12.1 Å². The number of methoxy groups -OCH3 is 1. The van der Waals surface area contributed by atoms with Gasteiger partial charge in [-0.05, 0) is 38.7 Å². The highest BCUT2D eigenvalue weighted by Crippen LogP contribution is 2.36. The standard InChI is InChI=1S/C17H30O6/c1-11(12(2)16(18)19-5)15-13(3)22-17(4,23-15)10-21-14-8-6-7-9-20-14/h12-14,16,18H,6-10H2,1-5H3/b15-11+. The Hall–Kier alpha value is -0.660. The number of hydrogen-bond acceptors (Lipinski definition) is 6. The van der Waals surface area contributed by atoms with Crippen molar-refractivity contribution in [3.05, 3.63) is 11.3 Å². The van der Waals surface area contributed by atoms with Crippen molar-refractivity contribution in [2.75, 3.05) is 20.3 Å². The lowest BCUT2D eigenvalue weighted by molar-refractivity contribution is -0.238. The lowest BCUT2D eigenvalue weighted by Crippen LogP contribution is -2.36. The summed E-state index contributed by atoms with van der Waals surface area (Å²) in [5.41, 5.74) is 0.921. The minimum atomic E-state index is -0.864. The maximum absolute atomic E-state index is 9.85. The molecule has 2 rings (SSSR count). The second-order valence-corrected chi connectivity index (χ2v) is 6.57. The molecule has 2 aliphatic rings. The van der Waals surface area contributed by atoms with Crippen LogP contribution in [-0.2, 0) is 23.7 Å². The van der Waals surface area contributed by atoms with Crippen molar-refractivity contribution in [3.8, 4) is 0 Å². The highest BCUT2D eigenvalue weighted by molar-refractivity contribution is 5.16. The van der Waals surface area contributed by atoms with E-state index >= 15 is 0 Å². The molecule has 0 spiro atoms. The van der Waals surface area contributed by atoms with Crippen LogP contribution < -0.4 is 0 Å². The molecule has 0 aromatic heterocycles. The number of aliphatic hydroxyl groups excluding tert-OH is 1. The summed E-state index contributed by atoms with van der Waals surface area (Å²) >= 11 is 0. The maximum Gasteiger partial charge on any atom is 0.231 e. The monoisotopic (exact) mass is 330 g/mol. The molecule has 0 amide bonds. The molecule has 6 heteroatoms. The minimum absolute atomic E-state index is 0.175. The van der Waals surface area contributed by atoms with E-state index in [1.165, 1.54) is 7.11 Å². The number of aliphatic hydroxyl groups is 1. The third-order valence-electron chi connectivity index (χ3n) is 4.53. The van der Waals surface area contributed by atoms with Gasteiger partial charge in [-0.3, -0.25) is 0 Å². The molecule has 6 nitrogen and oxygen atoms in total. The zero-order valence-electron chi connectivity index (χ0n) is 14.8. The molecule has 134 valence electrons. The summed E-state index contributed by atoms with van der Waals surface area (Å²) < 4.78 is 28.4. The maximum atomic E-state index is 9.85. The van der Waals surface area contributed by atoms with Gasteiger partial charge in [0, 0.05) is 26.6 Å². The highest BCUT2D eigenvalue weighted by atomic mass is 16.8. The van der Waals surface area contributed by atoms with Crippen LogP contribution in [0.5, 0.6) is 0 Å². The molecule has 0 aliphatic carbocycles. The topological polar surface area (TPSA) is 66.4 Å². The predicted molar refractivity (Wildman–Crippen MR) is 84.5 cm³/mol. The molecule has 2 heterocycles. The Labute approximate surface area is 138 Å². The third-order valence-corrected chi connectivity index (χ3v) is 4.53. The van der Waals surface area contributed by atoms with Crippen molar-refractivity contribution >= 4 is 0 Å². The molecule has 0 aromatic carbocycles. The molecule has 2 fully saturated rings. The molecule has 2 aliphatic heterocycles. The average molecular weight is 330 g/mol. The van der Waals surface area contributed by atoms with Gasteiger partial charge in [0.05, 0.1) is 0 Å². The fourth-order valence-electron chi connectivity index (χ4n) is 2.96.